The maximum atomic E-state index is 5.66. The van der Waals surface area contributed by atoms with E-state index >= 15 is 0 Å². The van der Waals surface area contributed by atoms with Gasteiger partial charge in [-0.3, -0.25) is 0 Å². The summed E-state index contributed by atoms with van der Waals surface area (Å²) < 4.78 is 21.7. The molecule has 0 aromatic heterocycles. The molecule has 0 fully saturated rings. The van der Waals surface area contributed by atoms with Gasteiger partial charge in [-0.05, 0) is 51.9 Å². The molecule has 0 aliphatic heterocycles. The normalized spacial score (nSPS) is 11.3. The fourth-order valence-electron chi connectivity index (χ4n) is 2.31. The second-order valence-electron chi connectivity index (χ2n) is 6.03. The zero-order valence-corrected chi connectivity index (χ0v) is 16.5. The summed E-state index contributed by atoms with van der Waals surface area (Å²) in [5.41, 5.74) is 11.1. The minimum absolute atomic E-state index is 0.564. The number of nitrogens with zero attached hydrogens (tertiary/aromatic N) is 1. The highest BCUT2D eigenvalue weighted by Crippen LogP contribution is 1.99. The summed E-state index contributed by atoms with van der Waals surface area (Å²) in [6.07, 6.45) is 6.15. The maximum absolute atomic E-state index is 5.66. The van der Waals surface area contributed by atoms with Crippen molar-refractivity contribution in [2.75, 3.05) is 85.6 Å². The van der Waals surface area contributed by atoms with Crippen molar-refractivity contribution < 1.29 is 18.9 Å². The van der Waals surface area contributed by atoms with E-state index in [-0.39, 0.29) is 0 Å². The Balaban J connectivity index is 3.42. The monoisotopic (exact) mass is 375 g/mol. The summed E-state index contributed by atoms with van der Waals surface area (Å²) in [4.78, 5) is 2.44. The van der Waals surface area contributed by atoms with Crippen molar-refractivity contribution in [3.63, 3.8) is 0 Å². The van der Waals surface area contributed by atoms with Crippen LogP contribution in [0, 0.1) is 0 Å². The SMILES string of the molecule is C=CCOCCOCCOCCOCCN(CCCCN)CCCCN. The summed E-state index contributed by atoms with van der Waals surface area (Å²) in [5.74, 6) is 0. The summed E-state index contributed by atoms with van der Waals surface area (Å²) in [6.45, 7) is 13.0. The minimum atomic E-state index is 0.564. The lowest BCUT2D eigenvalue weighted by molar-refractivity contribution is -0.00149. The molecule has 0 rings (SSSR count). The minimum Gasteiger partial charge on any atom is -0.378 e. The van der Waals surface area contributed by atoms with Gasteiger partial charge in [0.1, 0.15) is 0 Å². The third-order valence-electron chi connectivity index (χ3n) is 3.76. The van der Waals surface area contributed by atoms with E-state index in [0.717, 1.165) is 65.0 Å². The summed E-state index contributed by atoms with van der Waals surface area (Å²) in [5, 5.41) is 0. The molecule has 0 spiro atoms. The molecule has 4 N–H and O–H groups in total. The molecule has 0 saturated carbocycles. The third kappa shape index (κ3) is 19.8. The maximum Gasteiger partial charge on any atom is 0.0704 e. The van der Waals surface area contributed by atoms with Crippen molar-refractivity contribution in [1.82, 2.24) is 4.90 Å². The molecule has 0 amide bonds. The van der Waals surface area contributed by atoms with Gasteiger partial charge >= 0.3 is 0 Å². The molecule has 7 nitrogen and oxygen atoms in total. The largest absolute Gasteiger partial charge is 0.378 e. The van der Waals surface area contributed by atoms with Crippen LogP contribution < -0.4 is 11.5 Å². The average molecular weight is 376 g/mol. The molecule has 0 aromatic carbocycles. The van der Waals surface area contributed by atoms with Crippen LogP contribution in [0.3, 0.4) is 0 Å². The van der Waals surface area contributed by atoms with E-state index in [1.54, 1.807) is 6.08 Å². The van der Waals surface area contributed by atoms with E-state index in [0.29, 0.717) is 46.2 Å². The Bertz CT molecular complexity index is 274. The van der Waals surface area contributed by atoms with Crippen LogP contribution in [0.2, 0.25) is 0 Å². The Morgan fingerprint density at radius 1 is 0.615 bits per heavy atom. The number of unbranched alkanes of at least 4 members (excludes halogenated alkanes) is 2. The second kappa shape index (κ2) is 22.5. The molecule has 0 aliphatic carbocycles. The molecule has 0 saturated heterocycles. The Hall–Kier alpha value is -0.540. The fourth-order valence-corrected chi connectivity index (χ4v) is 2.31. The number of hydrogen-bond acceptors (Lipinski definition) is 7. The lowest BCUT2D eigenvalue weighted by Crippen LogP contribution is -2.30. The quantitative estimate of drug-likeness (QED) is 0.216. The molecular formula is C19H41N3O4. The van der Waals surface area contributed by atoms with Gasteiger partial charge in [-0.1, -0.05) is 6.08 Å². The van der Waals surface area contributed by atoms with Crippen LogP contribution in [0.1, 0.15) is 25.7 Å². The fraction of sp³-hybridized carbons (Fsp3) is 0.895. The van der Waals surface area contributed by atoms with Crippen molar-refractivity contribution in [2.45, 2.75) is 25.7 Å². The van der Waals surface area contributed by atoms with Crippen molar-refractivity contribution in [1.29, 1.82) is 0 Å². The van der Waals surface area contributed by atoms with Crippen molar-refractivity contribution in [3.8, 4) is 0 Å². The Kier molecular flexibility index (Phi) is 22.0. The van der Waals surface area contributed by atoms with Gasteiger partial charge in [0.15, 0.2) is 0 Å². The lowest BCUT2D eigenvalue weighted by atomic mass is 10.2. The average Bonchev–Trinajstić information content (AvgIpc) is 2.65. The number of hydrogen-bond donors (Lipinski definition) is 2. The first-order chi connectivity index (χ1) is 12.8. The Labute approximate surface area is 160 Å². The molecule has 156 valence electrons. The van der Waals surface area contributed by atoms with Gasteiger partial charge in [0.05, 0.1) is 52.9 Å². The molecule has 0 radical (unpaired) electrons. The molecule has 0 unspecified atom stereocenters. The Morgan fingerprint density at radius 2 is 1.08 bits per heavy atom. The van der Waals surface area contributed by atoms with E-state index in [4.69, 9.17) is 30.4 Å². The molecular weight excluding hydrogens is 334 g/mol. The first kappa shape index (κ1) is 25.5. The van der Waals surface area contributed by atoms with Gasteiger partial charge in [-0.2, -0.15) is 0 Å². The van der Waals surface area contributed by atoms with Gasteiger partial charge < -0.3 is 35.3 Å². The first-order valence-electron chi connectivity index (χ1n) is 9.89. The van der Waals surface area contributed by atoms with Crippen LogP contribution in [-0.2, 0) is 18.9 Å². The van der Waals surface area contributed by atoms with Gasteiger partial charge in [0.2, 0.25) is 0 Å². The van der Waals surface area contributed by atoms with Crippen LogP contribution in [0.5, 0.6) is 0 Å². The summed E-state index contributed by atoms with van der Waals surface area (Å²) in [6, 6.07) is 0. The van der Waals surface area contributed by atoms with E-state index < -0.39 is 0 Å². The van der Waals surface area contributed by atoms with Crippen LogP contribution in [0.25, 0.3) is 0 Å². The summed E-state index contributed by atoms with van der Waals surface area (Å²) >= 11 is 0. The molecule has 7 heteroatoms. The van der Waals surface area contributed by atoms with Gasteiger partial charge in [0, 0.05) is 6.54 Å². The molecule has 26 heavy (non-hydrogen) atoms. The van der Waals surface area contributed by atoms with E-state index in [2.05, 4.69) is 11.5 Å². The molecule has 0 atom stereocenters. The highest BCUT2D eigenvalue weighted by molar-refractivity contribution is 4.63. The van der Waals surface area contributed by atoms with E-state index in [1.165, 1.54) is 0 Å². The zero-order valence-electron chi connectivity index (χ0n) is 16.5. The van der Waals surface area contributed by atoms with Crippen LogP contribution in [0.15, 0.2) is 12.7 Å². The van der Waals surface area contributed by atoms with E-state index in [1.807, 2.05) is 0 Å². The number of rotatable bonds is 22. The van der Waals surface area contributed by atoms with Gasteiger partial charge in [-0.25, -0.2) is 0 Å². The molecule has 0 bridgehead atoms. The zero-order chi connectivity index (χ0) is 19.1. The Morgan fingerprint density at radius 3 is 1.54 bits per heavy atom. The van der Waals surface area contributed by atoms with Crippen LogP contribution in [-0.4, -0.2) is 90.5 Å². The molecule has 0 aromatic rings. The van der Waals surface area contributed by atoms with Gasteiger partial charge in [0.25, 0.3) is 0 Å². The highest BCUT2D eigenvalue weighted by atomic mass is 16.6. The molecule has 0 aliphatic rings. The number of ether oxygens (including phenoxy) is 4. The highest BCUT2D eigenvalue weighted by Gasteiger charge is 2.04. The van der Waals surface area contributed by atoms with Crippen molar-refractivity contribution >= 4 is 0 Å². The topological polar surface area (TPSA) is 92.2 Å². The van der Waals surface area contributed by atoms with Crippen molar-refractivity contribution in [2.24, 2.45) is 11.5 Å². The molecule has 0 heterocycles. The van der Waals surface area contributed by atoms with Crippen molar-refractivity contribution in [3.05, 3.63) is 12.7 Å². The predicted octanol–water partition coefficient (Wildman–Crippen LogP) is 1.02. The smallest absolute Gasteiger partial charge is 0.0704 e. The van der Waals surface area contributed by atoms with Crippen LogP contribution >= 0.6 is 0 Å². The second-order valence-corrected chi connectivity index (χ2v) is 6.03. The van der Waals surface area contributed by atoms with Gasteiger partial charge in [-0.15, -0.1) is 6.58 Å². The lowest BCUT2D eigenvalue weighted by Gasteiger charge is -2.22. The predicted molar refractivity (Wildman–Crippen MR) is 106 cm³/mol. The van der Waals surface area contributed by atoms with Crippen LogP contribution in [0.4, 0.5) is 0 Å². The standard InChI is InChI=1S/C19H41N3O4/c1-2-12-23-14-16-25-18-19-26-17-15-24-13-11-22(9-5-3-7-20)10-6-4-8-21/h2H,1,3-21H2. The summed E-state index contributed by atoms with van der Waals surface area (Å²) in [7, 11) is 0. The number of nitrogens with two attached hydrogens (primary N) is 2. The van der Waals surface area contributed by atoms with E-state index in [9.17, 15) is 0 Å². The first-order valence-corrected chi connectivity index (χ1v) is 9.89. The third-order valence-corrected chi connectivity index (χ3v) is 3.76.